The minimum Gasteiger partial charge on any atom is -0.497 e. The van der Waals surface area contributed by atoms with Crippen molar-refractivity contribution >= 4 is 44.1 Å². The van der Waals surface area contributed by atoms with Crippen LogP contribution in [0.2, 0.25) is 0 Å². The van der Waals surface area contributed by atoms with Crippen molar-refractivity contribution in [3.63, 3.8) is 0 Å². The molecule has 1 aliphatic rings. The lowest BCUT2D eigenvalue weighted by molar-refractivity contribution is -0.131. The summed E-state index contributed by atoms with van der Waals surface area (Å²) in [5.41, 5.74) is 7.18. The van der Waals surface area contributed by atoms with Crippen LogP contribution in [0, 0.1) is 5.41 Å². The SMILES string of the molecule is COc1ccc2ccc(S(=O)(=O)N(C)[C@H]3CCN(Cc4cc(C(=N)N)ccc4NC(C)=O)C3=O)cc2c1. The summed E-state index contributed by atoms with van der Waals surface area (Å²) in [6, 6.07) is 14.3. The fourth-order valence-electron chi connectivity index (χ4n) is 4.45. The maximum atomic E-state index is 13.5. The van der Waals surface area contributed by atoms with Crippen LogP contribution in [0.15, 0.2) is 59.5 Å². The molecule has 1 aliphatic heterocycles. The first-order valence-electron chi connectivity index (χ1n) is 11.6. The second kappa shape index (κ2) is 10.2. The van der Waals surface area contributed by atoms with Crippen molar-refractivity contribution in [2.45, 2.75) is 30.8 Å². The number of likely N-dealkylation sites (tertiary alicyclic amines) is 1. The second-order valence-corrected chi connectivity index (χ2v) is 10.9. The van der Waals surface area contributed by atoms with Gasteiger partial charge in [-0.3, -0.25) is 15.0 Å². The van der Waals surface area contributed by atoms with Gasteiger partial charge in [0.25, 0.3) is 0 Å². The predicted molar refractivity (Wildman–Crippen MR) is 141 cm³/mol. The van der Waals surface area contributed by atoms with Gasteiger partial charge in [0.05, 0.1) is 12.0 Å². The number of nitrogens with zero attached hydrogens (tertiary/aromatic N) is 2. The number of hydrogen-bond acceptors (Lipinski definition) is 6. The van der Waals surface area contributed by atoms with Crippen molar-refractivity contribution in [2.75, 3.05) is 26.0 Å². The normalized spacial score (nSPS) is 15.8. The number of rotatable bonds is 8. The van der Waals surface area contributed by atoms with Crippen LogP contribution in [0.25, 0.3) is 10.8 Å². The molecule has 1 heterocycles. The van der Waals surface area contributed by atoms with E-state index in [1.807, 2.05) is 6.07 Å². The highest BCUT2D eigenvalue weighted by Gasteiger charge is 2.40. The molecule has 10 nitrogen and oxygen atoms in total. The van der Waals surface area contributed by atoms with Gasteiger partial charge in [0, 0.05) is 38.3 Å². The van der Waals surface area contributed by atoms with Crippen molar-refractivity contribution in [3.05, 3.63) is 65.7 Å². The number of carbonyl (C=O) groups excluding carboxylic acids is 2. The minimum absolute atomic E-state index is 0.0871. The van der Waals surface area contributed by atoms with Crippen molar-refractivity contribution < 1.29 is 22.7 Å². The number of fused-ring (bicyclic) bond motifs is 1. The molecule has 0 spiro atoms. The lowest BCUT2D eigenvalue weighted by Gasteiger charge is -2.24. The van der Waals surface area contributed by atoms with Gasteiger partial charge in [0.2, 0.25) is 21.8 Å². The van der Waals surface area contributed by atoms with Crippen LogP contribution in [0.3, 0.4) is 0 Å². The Morgan fingerprint density at radius 3 is 2.57 bits per heavy atom. The van der Waals surface area contributed by atoms with E-state index in [9.17, 15) is 18.0 Å². The summed E-state index contributed by atoms with van der Waals surface area (Å²) in [4.78, 5) is 26.6. The zero-order valence-electron chi connectivity index (χ0n) is 20.8. The maximum Gasteiger partial charge on any atom is 0.243 e. The number of nitrogen functional groups attached to an aromatic ring is 1. The molecule has 2 amide bonds. The number of likely N-dealkylation sites (N-methyl/N-ethyl adjacent to an activating group) is 1. The highest BCUT2D eigenvalue weighted by Crippen LogP contribution is 2.29. The number of sulfonamides is 1. The van der Waals surface area contributed by atoms with Crippen LogP contribution in [-0.2, 0) is 26.2 Å². The summed E-state index contributed by atoms with van der Waals surface area (Å²) in [5.74, 6) is -0.138. The van der Waals surface area contributed by atoms with Crippen LogP contribution in [0.1, 0.15) is 24.5 Å². The number of benzene rings is 3. The van der Waals surface area contributed by atoms with Crippen LogP contribution in [0.4, 0.5) is 5.69 Å². The van der Waals surface area contributed by atoms with E-state index in [4.69, 9.17) is 15.9 Å². The Morgan fingerprint density at radius 2 is 1.89 bits per heavy atom. The van der Waals surface area contributed by atoms with Crippen molar-refractivity contribution in [1.82, 2.24) is 9.21 Å². The standard InChI is InChI=1S/C26H29N5O5S/c1-16(32)29-23-9-6-18(25(27)28)12-20(23)15-31-11-10-24(26(31)33)30(2)37(34,35)22-8-5-17-4-7-21(36-3)13-19(17)14-22/h4-9,12-14,24H,10-11,15H2,1-3H3,(H3,27,28)(H,29,32)/t24-/m0/s1. The average Bonchev–Trinajstić information content (AvgIpc) is 3.22. The Bertz CT molecular complexity index is 1500. The summed E-state index contributed by atoms with van der Waals surface area (Å²) in [7, 11) is -1.00. The molecule has 3 aromatic rings. The maximum absolute atomic E-state index is 13.5. The molecule has 37 heavy (non-hydrogen) atoms. The zero-order chi connectivity index (χ0) is 26.9. The van der Waals surface area contributed by atoms with Gasteiger partial charge in [0.1, 0.15) is 17.6 Å². The summed E-state index contributed by atoms with van der Waals surface area (Å²) < 4.78 is 33.3. The molecular formula is C26H29N5O5S. The number of amidine groups is 1. The van der Waals surface area contributed by atoms with Gasteiger partial charge in [-0.2, -0.15) is 4.31 Å². The van der Waals surface area contributed by atoms with Gasteiger partial charge < -0.3 is 20.7 Å². The summed E-state index contributed by atoms with van der Waals surface area (Å²) in [6.45, 7) is 1.85. The lowest BCUT2D eigenvalue weighted by Crippen LogP contribution is -2.42. The fourth-order valence-corrected chi connectivity index (χ4v) is 5.83. The number of anilines is 1. The highest BCUT2D eigenvalue weighted by atomic mass is 32.2. The Balaban J connectivity index is 1.57. The molecule has 1 fully saturated rings. The third-order valence-electron chi connectivity index (χ3n) is 6.49. The van der Waals surface area contributed by atoms with E-state index >= 15 is 0 Å². The first kappa shape index (κ1) is 26.1. The van der Waals surface area contributed by atoms with E-state index in [-0.39, 0.29) is 29.1 Å². The number of carbonyl (C=O) groups is 2. The largest absolute Gasteiger partial charge is 0.497 e. The summed E-state index contributed by atoms with van der Waals surface area (Å²) in [6.07, 6.45) is 0.317. The van der Waals surface area contributed by atoms with Crippen LogP contribution in [-0.4, -0.2) is 62.0 Å². The number of amides is 2. The molecule has 4 N–H and O–H groups in total. The van der Waals surface area contributed by atoms with Crippen molar-refractivity contribution in [3.8, 4) is 5.75 Å². The minimum atomic E-state index is -3.96. The molecule has 11 heteroatoms. The van der Waals surface area contributed by atoms with Gasteiger partial charge >= 0.3 is 0 Å². The topological polar surface area (TPSA) is 146 Å². The van der Waals surface area contributed by atoms with Gasteiger partial charge in [-0.25, -0.2) is 8.42 Å². The van der Waals surface area contributed by atoms with Gasteiger partial charge in [-0.15, -0.1) is 0 Å². The predicted octanol–water partition coefficient (Wildman–Crippen LogP) is 2.51. The number of hydrogen-bond donors (Lipinski definition) is 3. The molecule has 1 saturated heterocycles. The third kappa shape index (κ3) is 5.27. The van der Waals surface area contributed by atoms with Crippen LogP contribution in [0.5, 0.6) is 5.75 Å². The van der Waals surface area contributed by atoms with Crippen LogP contribution >= 0.6 is 0 Å². The molecule has 0 saturated carbocycles. The third-order valence-corrected chi connectivity index (χ3v) is 8.35. The van der Waals surface area contributed by atoms with Crippen molar-refractivity contribution in [2.24, 2.45) is 5.73 Å². The number of ether oxygens (including phenoxy) is 1. The summed E-state index contributed by atoms with van der Waals surface area (Å²) >= 11 is 0. The molecule has 1 atom stereocenters. The Kier molecular flexibility index (Phi) is 7.19. The molecule has 0 radical (unpaired) electrons. The second-order valence-electron chi connectivity index (χ2n) is 8.93. The molecule has 4 rings (SSSR count). The Hall–Kier alpha value is -3.96. The zero-order valence-corrected chi connectivity index (χ0v) is 21.6. The average molecular weight is 524 g/mol. The molecule has 0 aromatic heterocycles. The molecule has 0 aliphatic carbocycles. The first-order chi connectivity index (χ1) is 17.5. The summed E-state index contributed by atoms with van der Waals surface area (Å²) in [5, 5.41) is 12.0. The van der Waals surface area contributed by atoms with E-state index in [0.717, 1.165) is 9.69 Å². The Labute approximate surface area is 215 Å². The molecule has 0 bridgehead atoms. The first-order valence-corrected chi connectivity index (χ1v) is 13.0. The van der Waals surface area contributed by atoms with E-state index < -0.39 is 16.1 Å². The molecule has 0 unspecified atom stereocenters. The quantitative estimate of drug-likeness (QED) is 0.305. The van der Waals surface area contributed by atoms with E-state index in [2.05, 4.69) is 5.32 Å². The molecule has 3 aromatic carbocycles. The van der Waals surface area contributed by atoms with Gasteiger partial charge in [0.15, 0.2) is 0 Å². The number of methoxy groups -OCH3 is 1. The molecule has 194 valence electrons. The van der Waals surface area contributed by atoms with Gasteiger partial charge in [-0.1, -0.05) is 12.1 Å². The number of nitrogens with two attached hydrogens (primary N) is 1. The van der Waals surface area contributed by atoms with Crippen molar-refractivity contribution in [1.29, 1.82) is 5.41 Å². The smallest absolute Gasteiger partial charge is 0.243 e. The van der Waals surface area contributed by atoms with E-state index in [1.54, 1.807) is 54.5 Å². The van der Waals surface area contributed by atoms with E-state index in [0.29, 0.717) is 40.9 Å². The van der Waals surface area contributed by atoms with Crippen LogP contribution < -0.4 is 15.8 Å². The van der Waals surface area contributed by atoms with E-state index in [1.165, 1.54) is 20.0 Å². The van der Waals surface area contributed by atoms with Gasteiger partial charge in [-0.05, 0) is 65.2 Å². The Morgan fingerprint density at radius 1 is 1.16 bits per heavy atom. The number of nitrogens with one attached hydrogen (secondary N) is 2. The highest BCUT2D eigenvalue weighted by molar-refractivity contribution is 7.89. The molecular weight excluding hydrogens is 494 g/mol. The lowest BCUT2D eigenvalue weighted by atomic mass is 10.1. The monoisotopic (exact) mass is 523 g/mol. The fraction of sp³-hybridized carbons (Fsp3) is 0.269.